The second kappa shape index (κ2) is 6.50. The van der Waals surface area contributed by atoms with E-state index in [1.807, 2.05) is 0 Å². The van der Waals surface area contributed by atoms with E-state index in [1.165, 1.54) is 0 Å². The molecule has 0 spiro atoms. The van der Waals surface area contributed by atoms with Gasteiger partial charge in [-0.25, -0.2) is 31.3 Å². The van der Waals surface area contributed by atoms with Crippen molar-refractivity contribution in [2.45, 2.75) is 18.3 Å². The molecule has 0 heterocycles. The first-order valence-corrected chi connectivity index (χ1v) is 5.80. The van der Waals surface area contributed by atoms with Gasteiger partial charge in [0.25, 0.3) is 0 Å². The molecule has 0 fully saturated rings. The van der Waals surface area contributed by atoms with Gasteiger partial charge in [-0.1, -0.05) is 0 Å². The molecule has 0 aromatic heterocycles. The molecule has 0 rings (SSSR count). The van der Waals surface area contributed by atoms with E-state index in [4.69, 9.17) is 0 Å². The first-order valence-electron chi connectivity index (χ1n) is 4.34. The molecule has 0 N–H and O–H groups in total. The van der Waals surface area contributed by atoms with Crippen molar-refractivity contribution in [1.29, 1.82) is 0 Å². The van der Waals surface area contributed by atoms with Gasteiger partial charge >= 0.3 is 26.1 Å². The first-order chi connectivity index (χ1) is 8.80. The van der Waals surface area contributed by atoms with Gasteiger partial charge in [0.15, 0.2) is 20.0 Å². The highest BCUT2D eigenvalue weighted by molar-refractivity contribution is 7.48. The summed E-state index contributed by atoms with van der Waals surface area (Å²) in [7, 11) is -6.60. The molecular formula is C6H6F9O4P. The SMILES string of the molecule is O=P(OC(F)(F)CF)(OC(F)(F)CF)OC(F)(F)CF. The molecule has 4 nitrogen and oxygen atoms in total. The average molecular weight is 344 g/mol. The van der Waals surface area contributed by atoms with Crippen molar-refractivity contribution in [2.75, 3.05) is 20.0 Å². The lowest BCUT2D eigenvalue weighted by Gasteiger charge is -2.26. The summed E-state index contributed by atoms with van der Waals surface area (Å²) in [5.41, 5.74) is 0. The van der Waals surface area contributed by atoms with Crippen LogP contribution >= 0.6 is 7.82 Å². The molecule has 20 heavy (non-hydrogen) atoms. The maximum atomic E-state index is 12.4. The zero-order valence-corrected chi connectivity index (χ0v) is 10.00. The van der Waals surface area contributed by atoms with Crippen molar-refractivity contribution < 1.29 is 57.7 Å². The number of halogens is 9. The molecule has 14 heteroatoms. The number of alkyl halides is 9. The van der Waals surface area contributed by atoms with Gasteiger partial charge in [-0.05, 0) is 0 Å². The lowest BCUT2D eigenvalue weighted by Crippen LogP contribution is -2.32. The minimum absolute atomic E-state index is 2.76. The van der Waals surface area contributed by atoms with Gasteiger partial charge in [0, 0.05) is 0 Å². The Bertz CT molecular complexity index is 310. The molecule has 0 amide bonds. The van der Waals surface area contributed by atoms with Crippen LogP contribution in [0, 0.1) is 0 Å². The maximum absolute atomic E-state index is 12.4. The molecule has 0 radical (unpaired) electrons. The van der Waals surface area contributed by atoms with Crippen LogP contribution < -0.4 is 0 Å². The van der Waals surface area contributed by atoms with Crippen LogP contribution in [0.1, 0.15) is 0 Å². The summed E-state index contributed by atoms with van der Waals surface area (Å²) in [6.07, 6.45) is -15.4. The van der Waals surface area contributed by atoms with E-state index in [9.17, 15) is 44.1 Å². The van der Waals surface area contributed by atoms with Crippen LogP contribution in [0.2, 0.25) is 0 Å². The number of hydrogen-bond donors (Lipinski definition) is 0. The zero-order chi connectivity index (χ0) is 16.2. The zero-order valence-electron chi connectivity index (χ0n) is 9.10. The minimum atomic E-state index is -6.60. The van der Waals surface area contributed by atoms with E-state index in [0.717, 1.165) is 0 Å². The molecular weight excluding hydrogens is 338 g/mol. The topological polar surface area (TPSA) is 44.8 Å². The summed E-state index contributed by atoms with van der Waals surface area (Å²) in [6.45, 7) is -8.36. The van der Waals surface area contributed by atoms with E-state index in [-0.39, 0.29) is 0 Å². The Hall–Kier alpha value is -0.520. The third-order valence-electron chi connectivity index (χ3n) is 1.20. The Balaban J connectivity index is 5.29. The van der Waals surface area contributed by atoms with E-state index >= 15 is 0 Å². The van der Waals surface area contributed by atoms with Crippen molar-refractivity contribution in [2.24, 2.45) is 0 Å². The maximum Gasteiger partial charge on any atom is 0.489 e. The molecule has 0 bridgehead atoms. The molecule has 0 saturated carbocycles. The van der Waals surface area contributed by atoms with Gasteiger partial charge in [0.2, 0.25) is 0 Å². The van der Waals surface area contributed by atoms with Gasteiger partial charge in [-0.15, -0.1) is 0 Å². The summed E-state index contributed by atoms with van der Waals surface area (Å²) in [6, 6.07) is 0. The molecule has 0 aromatic carbocycles. The molecule has 0 aliphatic heterocycles. The first kappa shape index (κ1) is 19.5. The van der Waals surface area contributed by atoms with Gasteiger partial charge in [-0.2, -0.15) is 26.3 Å². The van der Waals surface area contributed by atoms with Gasteiger partial charge < -0.3 is 0 Å². The third-order valence-corrected chi connectivity index (χ3v) is 2.67. The van der Waals surface area contributed by atoms with Gasteiger partial charge in [0.05, 0.1) is 0 Å². The number of phosphoric ester groups is 1. The monoisotopic (exact) mass is 344 g/mol. The van der Waals surface area contributed by atoms with Crippen molar-refractivity contribution >= 4 is 7.82 Å². The summed E-state index contributed by atoms with van der Waals surface area (Å²) in [5.74, 6) is 0. The number of rotatable bonds is 9. The molecule has 0 saturated heterocycles. The van der Waals surface area contributed by atoms with E-state index in [2.05, 4.69) is 13.6 Å². The Morgan fingerprint density at radius 2 is 0.850 bits per heavy atom. The van der Waals surface area contributed by atoms with Crippen LogP contribution in [-0.2, 0) is 18.1 Å². The summed E-state index contributed by atoms with van der Waals surface area (Å²) < 4.78 is 129. The molecule has 0 aliphatic rings. The Labute approximate surface area is 105 Å². The van der Waals surface area contributed by atoms with Crippen LogP contribution in [0.15, 0.2) is 0 Å². The summed E-state index contributed by atoms with van der Waals surface area (Å²) in [5, 5.41) is 0. The highest BCUT2D eigenvalue weighted by Crippen LogP contribution is 2.59. The fourth-order valence-corrected chi connectivity index (χ4v) is 1.86. The smallest absolute Gasteiger partial charge is 0.241 e. The van der Waals surface area contributed by atoms with Crippen molar-refractivity contribution in [3.8, 4) is 0 Å². The van der Waals surface area contributed by atoms with Crippen LogP contribution in [0.4, 0.5) is 39.5 Å². The number of hydrogen-bond acceptors (Lipinski definition) is 4. The average Bonchev–Trinajstić information content (AvgIpc) is 2.26. The van der Waals surface area contributed by atoms with Crippen LogP contribution in [0.25, 0.3) is 0 Å². The van der Waals surface area contributed by atoms with Crippen molar-refractivity contribution in [3.63, 3.8) is 0 Å². The highest BCUT2D eigenvalue weighted by atomic mass is 31.2. The Kier molecular flexibility index (Phi) is 6.33. The van der Waals surface area contributed by atoms with Crippen LogP contribution in [-0.4, -0.2) is 38.3 Å². The molecule has 0 atom stereocenters. The molecule has 0 aliphatic carbocycles. The molecule has 0 unspecified atom stereocenters. The second-order valence-electron chi connectivity index (χ2n) is 3.03. The van der Waals surface area contributed by atoms with Crippen LogP contribution in [0.3, 0.4) is 0 Å². The second-order valence-corrected chi connectivity index (χ2v) is 4.48. The van der Waals surface area contributed by atoms with Gasteiger partial charge in [-0.3, -0.25) is 0 Å². The quantitative estimate of drug-likeness (QED) is 0.471. The van der Waals surface area contributed by atoms with E-state index in [1.54, 1.807) is 0 Å². The fourth-order valence-electron chi connectivity index (χ4n) is 0.620. The fraction of sp³-hybridized carbons (Fsp3) is 1.00. The van der Waals surface area contributed by atoms with Crippen LogP contribution in [0.5, 0.6) is 0 Å². The van der Waals surface area contributed by atoms with E-state index in [0.29, 0.717) is 0 Å². The third kappa shape index (κ3) is 6.77. The normalized spacial score (nSPS) is 14.7. The van der Waals surface area contributed by atoms with Gasteiger partial charge in [0.1, 0.15) is 0 Å². The van der Waals surface area contributed by atoms with Crippen molar-refractivity contribution in [1.82, 2.24) is 0 Å². The van der Waals surface area contributed by atoms with Crippen molar-refractivity contribution in [3.05, 3.63) is 0 Å². The number of phosphoric acid groups is 1. The predicted molar refractivity (Wildman–Crippen MR) is 43.6 cm³/mol. The summed E-state index contributed by atoms with van der Waals surface area (Å²) >= 11 is 0. The summed E-state index contributed by atoms with van der Waals surface area (Å²) in [4.78, 5) is 0. The highest BCUT2D eigenvalue weighted by Gasteiger charge is 2.54. The Morgan fingerprint density at radius 3 is 1.00 bits per heavy atom. The lowest BCUT2D eigenvalue weighted by atomic mass is 10.7. The predicted octanol–water partition coefficient (Wildman–Crippen LogP) is 3.83. The van der Waals surface area contributed by atoms with E-state index < -0.39 is 46.2 Å². The minimum Gasteiger partial charge on any atom is -0.241 e. The molecule has 0 aromatic rings. The largest absolute Gasteiger partial charge is 0.489 e. The standard InChI is InChI=1S/C6H6F9O4P/c7-1-4(10,11)17-20(16,18-5(12,13)2-8)19-6(14,15)3-9/h1-3H2. The Morgan fingerprint density at radius 1 is 0.650 bits per heavy atom. The lowest BCUT2D eigenvalue weighted by molar-refractivity contribution is -0.264. The molecule has 122 valence electrons.